The van der Waals surface area contributed by atoms with E-state index in [4.69, 9.17) is 16.3 Å². The SMILES string of the molecule is C[C@H]1C(C(=O)Nc2ccc3cncc(Cl)c3c2)C1c1cccc(C(=O)OCC(=O)[C@H]2[C@H](C)CC3[C@@H]4CCC5=CC(=O)C=C[C@]5(C)C4[C@@H](O)C[C@@]32C)c1. The zero-order valence-corrected chi connectivity index (χ0v) is 30.7. The summed E-state index contributed by atoms with van der Waals surface area (Å²) in [5.74, 6) is -0.744. The maximum absolute atomic E-state index is 14.0. The standard InChI is InChI=1S/C43H45ClN2O6/c1-22-14-32-30-11-9-27-16-29(47)12-13-42(27,3)39(30)34(48)18-43(32,4)38(22)35(49)21-52-41(51)25-7-5-6-24(15-25)36-23(2)37(36)40(50)46-28-10-8-26-19-45-20-33(44)31(26)17-28/h5-8,10,12-13,15-17,19-20,22-23,30,32,34,36-39,48H,9,11,14,18,21H2,1-4H3,(H,46,50)/t22-,23-,30+,32?,34+,36?,37?,38-,39?,42+,43+/m1/s1. The Bertz CT molecular complexity index is 2070. The van der Waals surface area contributed by atoms with Crippen LogP contribution in [0.1, 0.15) is 75.2 Å². The number of rotatable bonds is 7. The lowest BCUT2D eigenvalue weighted by Gasteiger charge is -2.58. The molecule has 3 aromatic rings. The highest BCUT2D eigenvalue weighted by atomic mass is 35.5. The minimum absolute atomic E-state index is 0.00325. The second kappa shape index (κ2) is 12.8. The van der Waals surface area contributed by atoms with E-state index in [2.05, 4.69) is 31.1 Å². The van der Waals surface area contributed by atoms with Crippen LogP contribution in [-0.2, 0) is 19.1 Å². The van der Waals surface area contributed by atoms with Gasteiger partial charge in [-0.15, -0.1) is 0 Å². The summed E-state index contributed by atoms with van der Waals surface area (Å²) in [4.78, 5) is 56.9. The van der Waals surface area contributed by atoms with Gasteiger partial charge in [0.05, 0.1) is 16.7 Å². The number of nitrogens with one attached hydrogen (secondary N) is 1. The van der Waals surface area contributed by atoms with E-state index in [0.29, 0.717) is 22.7 Å². The van der Waals surface area contributed by atoms with Gasteiger partial charge in [-0.3, -0.25) is 19.4 Å². The number of aliphatic hydroxyl groups excluding tert-OH is 1. The van der Waals surface area contributed by atoms with Crippen LogP contribution in [0.5, 0.6) is 0 Å². The molecule has 0 spiro atoms. The Kier molecular flexibility index (Phi) is 8.57. The second-order valence-corrected chi connectivity index (χ2v) is 17.0. The number of benzene rings is 2. The van der Waals surface area contributed by atoms with E-state index in [1.54, 1.807) is 42.7 Å². The number of anilines is 1. The Morgan fingerprint density at radius 3 is 2.71 bits per heavy atom. The highest BCUT2D eigenvalue weighted by Crippen LogP contribution is 2.67. The van der Waals surface area contributed by atoms with E-state index >= 15 is 0 Å². The van der Waals surface area contributed by atoms with Crippen molar-refractivity contribution < 1.29 is 29.0 Å². The zero-order chi connectivity index (χ0) is 36.7. The number of fused-ring (bicyclic) bond motifs is 6. The highest BCUT2D eigenvalue weighted by Gasteiger charge is 2.64. The van der Waals surface area contributed by atoms with Gasteiger partial charge < -0.3 is 15.2 Å². The molecule has 0 radical (unpaired) electrons. The van der Waals surface area contributed by atoms with E-state index in [1.165, 1.54) is 0 Å². The summed E-state index contributed by atoms with van der Waals surface area (Å²) < 4.78 is 5.69. The first-order valence-electron chi connectivity index (χ1n) is 18.6. The van der Waals surface area contributed by atoms with Crippen LogP contribution in [0, 0.1) is 52.3 Å². The van der Waals surface area contributed by atoms with E-state index in [9.17, 15) is 24.3 Å². The van der Waals surface area contributed by atoms with Gasteiger partial charge in [0.1, 0.15) is 0 Å². The van der Waals surface area contributed by atoms with Crippen LogP contribution < -0.4 is 5.32 Å². The smallest absolute Gasteiger partial charge is 0.338 e. The summed E-state index contributed by atoms with van der Waals surface area (Å²) in [6.07, 6.45) is 11.2. The average Bonchev–Trinajstić information content (AvgIpc) is 3.71. The topological polar surface area (TPSA) is 123 Å². The van der Waals surface area contributed by atoms with Gasteiger partial charge in [0.25, 0.3) is 0 Å². The molecule has 4 saturated carbocycles. The van der Waals surface area contributed by atoms with Crippen LogP contribution in [0.4, 0.5) is 5.69 Å². The number of Topliss-reactive ketones (excluding diaryl/α,β-unsaturated/α-hetero) is 1. The number of hydrogen-bond donors (Lipinski definition) is 2. The maximum atomic E-state index is 14.0. The molecule has 0 bridgehead atoms. The molecular formula is C43H45ClN2O6. The van der Waals surface area contributed by atoms with Crippen molar-refractivity contribution >= 4 is 51.5 Å². The van der Waals surface area contributed by atoms with Gasteiger partial charge in [0.2, 0.25) is 5.91 Å². The molecule has 52 heavy (non-hydrogen) atoms. The maximum Gasteiger partial charge on any atom is 0.338 e. The molecule has 270 valence electrons. The molecule has 9 heteroatoms. The number of nitrogens with zero attached hydrogens (tertiary/aromatic N) is 1. The van der Waals surface area contributed by atoms with Gasteiger partial charge in [-0.1, -0.05) is 69.1 Å². The molecule has 1 heterocycles. The minimum atomic E-state index is -0.608. The number of ketones is 2. The molecule has 11 atom stereocenters. The lowest BCUT2D eigenvalue weighted by molar-refractivity contribution is -0.142. The number of aromatic nitrogens is 1. The predicted molar refractivity (Wildman–Crippen MR) is 199 cm³/mol. The third-order valence-electron chi connectivity index (χ3n) is 13.7. The summed E-state index contributed by atoms with van der Waals surface area (Å²) >= 11 is 6.32. The van der Waals surface area contributed by atoms with Crippen LogP contribution in [0.2, 0.25) is 5.02 Å². The largest absolute Gasteiger partial charge is 0.454 e. The minimum Gasteiger partial charge on any atom is -0.454 e. The van der Waals surface area contributed by atoms with Crippen LogP contribution in [-0.4, -0.2) is 46.2 Å². The van der Waals surface area contributed by atoms with Gasteiger partial charge in [0, 0.05) is 52.0 Å². The Morgan fingerprint density at radius 1 is 1.10 bits per heavy atom. The van der Waals surface area contributed by atoms with E-state index < -0.39 is 17.5 Å². The van der Waals surface area contributed by atoms with Crippen LogP contribution in [0.25, 0.3) is 10.8 Å². The number of halogens is 1. The van der Waals surface area contributed by atoms with Gasteiger partial charge in [0.15, 0.2) is 18.2 Å². The molecule has 8 rings (SSSR count). The lowest BCUT2D eigenvalue weighted by Crippen LogP contribution is -2.56. The van der Waals surface area contributed by atoms with Crippen molar-refractivity contribution in [2.24, 2.45) is 52.3 Å². The van der Waals surface area contributed by atoms with E-state index in [1.807, 2.05) is 37.3 Å². The number of carbonyl (C=O) groups excluding carboxylic acids is 4. The molecule has 2 aromatic carbocycles. The Hall–Kier alpha value is -4.14. The first-order chi connectivity index (χ1) is 24.8. The molecule has 2 N–H and O–H groups in total. The van der Waals surface area contributed by atoms with Crippen molar-refractivity contribution in [3.63, 3.8) is 0 Å². The predicted octanol–water partition coefficient (Wildman–Crippen LogP) is 7.74. The number of pyridine rings is 1. The van der Waals surface area contributed by atoms with Crippen molar-refractivity contribution in [1.82, 2.24) is 4.98 Å². The summed E-state index contributed by atoms with van der Waals surface area (Å²) in [6, 6.07) is 12.7. The number of ether oxygens (including phenoxy) is 1. The number of amides is 1. The Balaban J connectivity index is 0.916. The number of carbonyl (C=O) groups is 4. The van der Waals surface area contributed by atoms with Crippen molar-refractivity contribution in [2.75, 3.05) is 11.9 Å². The second-order valence-electron chi connectivity index (χ2n) is 16.6. The highest BCUT2D eigenvalue weighted by molar-refractivity contribution is 6.35. The summed E-state index contributed by atoms with van der Waals surface area (Å²) in [6.45, 7) is 8.12. The molecule has 4 unspecified atom stereocenters. The fourth-order valence-electron chi connectivity index (χ4n) is 11.4. The van der Waals surface area contributed by atoms with Crippen molar-refractivity contribution in [2.45, 2.75) is 65.4 Å². The summed E-state index contributed by atoms with van der Waals surface area (Å²) in [7, 11) is 0. The first kappa shape index (κ1) is 34.9. The Labute approximate surface area is 309 Å². The molecule has 5 aliphatic rings. The number of aliphatic hydroxyl groups is 1. The molecule has 4 fully saturated rings. The third kappa shape index (κ3) is 5.65. The van der Waals surface area contributed by atoms with E-state index in [0.717, 1.165) is 41.2 Å². The number of esters is 1. The van der Waals surface area contributed by atoms with Gasteiger partial charge in [-0.2, -0.15) is 0 Å². The molecule has 5 aliphatic carbocycles. The van der Waals surface area contributed by atoms with Crippen molar-refractivity contribution in [1.29, 1.82) is 0 Å². The Morgan fingerprint density at radius 2 is 1.90 bits per heavy atom. The monoisotopic (exact) mass is 720 g/mol. The number of allylic oxidation sites excluding steroid dienone is 4. The first-order valence-corrected chi connectivity index (χ1v) is 18.9. The molecule has 0 saturated heterocycles. The van der Waals surface area contributed by atoms with Gasteiger partial charge in [-0.05, 0) is 103 Å². The quantitative estimate of drug-likeness (QED) is 0.240. The molecule has 1 amide bonds. The summed E-state index contributed by atoms with van der Waals surface area (Å²) in [5, 5.41) is 17.0. The lowest BCUT2D eigenvalue weighted by atomic mass is 9.46. The third-order valence-corrected chi connectivity index (χ3v) is 14.0. The van der Waals surface area contributed by atoms with Crippen LogP contribution in [0.3, 0.4) is 0 Å². The fraction of sp³-hybridized carbons (Fsp3) is 0.465. The zero-order valence-electron chi connectivity index (χ0n) is 30.0. The fourth-order valence-corrected chi connectivity index (χ4v) is 11.6. The van der Waals surface area contributed by atoms with Gasteiger partial charge in [-0.25, -0.2) is 4.79 Å². The average molecular weight is 721 g/mol. The van der Waals surface area contributed by atoms with Gasteiger partial charge >= 0.3 is 5.97 Å². The van der Waals surface area contributed by atoms with Crippen molar-refractivity contribution in [3.05, 3.63) is 94.8 Å². The summed E-state index contributed by atoms with van der Waals surface area (Å²) in [5.41, 5.74) is 2.21. The normalized spacial score (nSPS) is 35.9. The van der Waals surface area contributed by atoms with Crippen LogP contribution in [0.15, 0.2) is 78.7 Å². The molecule has 0 aliphatic heterocycles. The molecule has 8 nitrogen and oxygen atoms in total. The van der Waals surface area contributed by atoms with Crippen molar-refractivity contribution in [3.8, 4) is 0 Å². The molecular weight excluding hydrogens is 676 g/mol. The molecule has 1 aromatic heterocycles. The van der Waals surface area contributed by atoms with E-state index in [-0.39, 0.29) is 76.8 Å². The number of hydrogen-bond acceptors (Lipinski definition) is 7. The van der Waals surface area contributed by atoms with Crippen LogP contribution >= 0.6 is 11.6 Å².